The maximum Gasteiger partial charge on any atom is 0.259 e. The van der Waals surface area contributed by atoms with E-state index in [-0.39, 0.29) is 12.3 Å². The van der Waals surface area contributed by atoms with Crippen LogP contribution in [0.25, 0.3) is 0 Å². The highest BCUT2D eigenvalue weighted by Crippen LogP contribution is 2.13. The molecule has 0 unspecified atom stereocenters. The maximum atomic E-state index is 12.2. The van der Waals surface area contributed by atoms with Crippen molar-refractivity contribution in [1.29, 1.82) is 5.26 Å². The number of nitrogens with zero attached hydrogens (tertiary/aromatic N) is 3. The number of H-pyrrole nitrogens is 1. The van der Waals surface area contributed by atoms with E-state index in [9.17, 15) is 4.79 Å². The van der Waals surface area contributed by atoms with Gasteiger partial charge in [-0.2, -0.15) is 5.26 Å². The molecule has 5 heteroatoms. The molecule has 2 rings (SSSR count). The van der Waals surface area contributed by atoms with Crippen molar-refractivity contribution >= 4 is 11.7 Å². The molecule has 0 aliphatic rings. The van der Waals surface area contributed by atoms with Crippen molar-refractivity contribution < 1.29 is 4.79 Å². The number of rotatable bonds is 3. The van der Waals surface area contributed by atoms with E-state index >= 15 is 0 Å². The molecule has 5 nitrogen and oxygen atoms in total. The van der Waals surface area contributed by atoms with Gasteiger partial charge in [0.2, 0.25) is 0 Å². The molecule has 2 aromatic rings. The van der Waals surface area contributed by atoms with Crippen LogP contribution in [-0.2, 0) is 6.42 Å². The molecule has 0 spiro atoms. The Bertz CT molecular complexity index is 583. The number of nitriles is 1. The summed E-state index contributed by atoms with van der Waals surface area (Å²) in [5.74, 6) is 0.581. The average molecular weight is 240 g/mol. The van der Waals surface area contributed by atoms with Gasteiger partial charge in [-0.3, -0.25) is 14.7 Å². The van der Waals surface area contributed by atoms with Gasteiger partial charge in [0, 0.05) is 25.0 Å². The number of carbonyl (C=O) groups is 1. The second-order valence-electron chi connectivity index (χ2n) is 3.79. The summed E-state index contributed by atoms with van der Waals surface area (Å²) in [6.07, 6.45) is 3.50. The zero-order valence-corrected chi connectivity index (χ0v) is 9.92. The largest absolute Gasteiger partial charge is 0.348 e. The minimum atomic E-state index is -0.140. The summed E-state index contributed by atoms with van der Waals surface area (Å²) in [6.45, 7) is 0. The van der Waals surface area contributed by atoms with Gasteiger partial charge in [0.15, 0.2) is 0 Å². The van der Waals surface area contributed by atoms with E-state index in [1.807, 2.05) is 18.2 Å². The topological polar surface area (TPSA) is 72.8 Å². The van der Waals surface area contributed by atoms with Crippen LogP contribution in [0.3, 0.4) is 0 Å². The van der Waals surface area contributed by atoms with E-state index in [4.69, 9.17) is 5.26 Å². The fraction of sp³-hybridized carbons (Fsp3) is 0.154. The normalized spacial score (nSPS) is 9.78. The Morgan fingerprint density at radius 2 is 2.39 bits per heavy atom. The van der Waals surface area contributed by atoms with E-state index in [2.05, 4.69) is 9.97 Å². The summed E-state index contributed by atoms with van der Waals surface area (Å²) in [4.78, 5) is 20.7. The Balaban J connectivity index is 2.24. The molecule has 0 radical (unpaired) electrons. The van der Waals surface area contributed by atoms with Gasteiger partial charge < -0.3 is 4.98 Å². The van der Waals surface area contributed by atoms with E-state index in [1.54, 1.807) is 31.6 Å². The first kappa shape index (κ1) is 11.9. The molecule has 0 aliphatic heterocycles. The predicted molar refractivity (Wildman–Crippen MR) is 67.1 cm³/mol. The SMILES string of the molecule is CN(C(=O)c1ccnc(CC#N)c1)c1ccc[nH]1. The second-order valence-corrected chi connectivity index (χ2v) is 3.79. The molecule has 0 aromatic carbocycles. The fourth-order valence-corrected chi connectivity index (χ4v) is 1.62. The molecule has 18 heavy (non-hydrogen) atoms. The third-order valence-electron chi connectivity index (χ3n) is 2.57. The highest BCUT2D eigenvalue weighted by Gasteiger charge is 2.14. The van der Waals surface area contributed by atoms with Crippen LogP contribution in [-0.4, -0.2) is 22.9 Å². The quantitative estimate of drug-likeness (QED) is 0.888. The van der Waals surface area contributed by atoms with Crippen molar-refractivity contribution in [3.05, 3.63) is 47.9 Å². The van der Waals surface area contributed by atoms with Crippen LogP contribution in [0.1, 0.15) is 16.1 Å². The molecular weight excluding hydrogens is 228 g/mol. The summed E-state index contributed by atoms with van der Waals surface area (Å²) in [5.41, 5.74) is 1.12. The van der Waals surface area contributed by atoms with Crippen molar-refractivity contribution in [2.75, 3.05) is 11.9 Å². The lowest BCUT2D eigenvalue weighted by molar-refractivity contribution is 0.0992. The number of anilines is 1. The molecule has 2 heterocycles. The third-order valence-corrected chi connectivity index (χ3v) is 2.57. The molecular formula is C13H12N4O. The van der Waals surface area contributed by atoms with Crippen LogP contribution >= 0.6 is 0 Å². The number of hydrogen-bond acceptors (Lipinski definition) is 3. The average Bonchev–Trinajstić information content (AvgIpc) is 2.91. The Morgan fingerprint density at radius 1 is 1.56 bits per heavy atom. The fourth-order valence-electron chi connectivity index (χ4n) is 1.62. The number of amides is 1. The molecule has 0 saturated carbocycles. The predicted octanol–water partition coefficient (Wildman–Crippen LogP) is 1.75. The molecule has 90 valence electrons. The van der Waals surface area contributed by atoms with Crippen LogP contribution in [0, 0.1) is 11.3 Å². The molecule has 0 saturated heterocycles. The number of nitrogens with one attached hydrogen (secondary N) is 1. The van der Waals surface area contributed by atoms with E-state index in [0.29, 0.717) is 11.3 Å². The van der Waals surface area contributed by atoms with Gasteiger partial charge in [0.25, 0.3) is 5.91 Å². The van der Waals surface area contributed by atoms with Crippen molar-refractivity contribution in [1.82, 2.24) is 9.97 Å². The zero-order valence-electron chi connectivity index (χ0n) is 9.92. The Morgan fingerprint density at radius 3 is 3.06 bits per heavy atom. The molecule has 0 fully saturated rings. The van der Waals surface area contributed by atoms with Crippen LogP contribution in [0.15, 0.2) is 36.7 Å². The van der Waals surface area contributed by atoms with Gasteiger partial charge in [-0.25, -0.2) is 0 Å². The van der Waals surface area contributed by atoms with Crippen molar-refractivity contribution in [3.63, 3.8) is 0 Å². The van der Waals surface area contributed by atoms with Crippen molar-refractivity contribution in [2.24, 2.45) is 0 Å². The van der Waals surface area contributed by atoms with Gasteiger partial charge in [0.05, 0.1) is 18.2 Å². The minimum absolute atomic E-state index is 0.140. The first-order valence-corrected chi connectivity index (χ1v) is 5.45. The lowest BCUT2D eigenvalue weighted by Gasteiger charge is -2.15. The zero-order chi connectivity index (χ0) is 13.0. The van der Waals surface area contributed by atoms with Gasteiger partial charge >= 0.3 is 0 Å². The Labute approximate surface area is 105 Å². The highest BCUT2D eigenvalue weighted by molar-refractivity contribution is 6.05. The number of hydrogen-bond donors (Lipinski definition) is 1. The highest BCUT2D eigenvalue weighted by atomic mass is 16.2. The van der Waals surface area contributed by atoms with E-state index < -0.39 is 0 Å². The lowest BCUT2D eigenvalue weighted by atomic mass is 10.2. The molecule has 1 amide bonds. The summed E-state index contributed by atoms with van der Waals surface area (Å²) < 4.78 is 0. The first-order valence-electron chi connectivity index (χ1n) is 5.45. The monoisotopic (exact) mass is 240 g/mol. The first-order chi connectivity index (χ1) is 8.72. The number of carbonyl (C=O) groups excluding carboxylic acids is 1. The van der Waals surface area contributed by atoms with Crippen molar-refractivity contribution in [3.8, 4) is 6.07 Å². The minimum Gasteiger partial charge on any atom is -0.348 e. The van der Waals surface area contributed by atoms with Crippen LogP contribution in [0.5, 0.6) is 0 Å². The lowest BCUT2D eigenvalue weighted by Crippen LogP contribution is -2.26. The molecule has 0 atom stereocenters. The van der Waals surface area contributed by atoms with Crippen LogP contribution in [0.4, 0.5) is 5.82 Å². The third kappa shape index (κ3) is 2.38. The Kier molecular flexibility index (Phi) is 3.39. The van der Waals surface area contributed by atoms with Gasteiger partial charge in [0.1, 0.15) is 5.82 Å². The van der Waals surface area contributed by atoms with Crippen LogP contribution < -0.4 is 4.90 Å². The molecule has 0 bridgehead atoms. The summed E-state index contributed by atoms with van der Waals surface area (Å²) >= 11 is 0. The molecule has 0 aliphatic carbocycles. The number of aromatic nitrogens is 2. The summed E-state index contributed by atoms with van der Waals surface area (Å²) in [5, 5.41) is 8.62. The molecule has 1 N–H and O–H groups in total. The Hall–Kier alpha value is -2.61. The van der Waals surface area contributed by atoms with Crippen LogP contribution in [0.2, 0.25) is 0 Å². The van der Waals surface area contributed by atoms with Gasteiger partial charge in [-0.1, -0.05) is 0 Å². The van der Waals surface area contributed by atoms with E-state index in [0.717, 1.165) is 5.82 Å². The maximum absolute atomic E-state index is 12.2. The van der Waals surface area contributed by atoms with Gasteiger partial charge in [-0.05, 0) is 24.3 Å². The summed E-state index contributed by atoms with van der Waals surface area (Å²) in [6, 6.07) is 8.94. The number of pyridine rings is 1. The molecule has 2 aromatic heterocycles. The second kappa shape index (κ2) is 5.15. The van der Waals surface area contributed by atoms with Crippen molar-refractivity contribution in [2.45, 2.75) is 6.42 Å². The standard InChI is InChI=1S/C13H12N4O/c1-17(12-3-2-7-16-12)13(18)10-5-8-15-11(9-10)4-6-14/h2-3,5,7-9,16H,4H2,1H3. The van der Waals surface area contributed by atoms with E-state index in [1.165, 1.54) is 4.90 Å². The smallest absolute Gasteiger partial charge is 0.259 e. The summed E-state index contributed by atoms with van der Waals surface area (Å²) in [7, 11) is 1.69. The number of aromatic amines is 1. The van der Waals surface area contributed by atoms with Gasteiger partial charge in [-0.15, -0.1) is 0 Å².